The molecule has 2 aromatic heterocycles. The fraction of sp³-hybridized carbons (Fsp3) is 0.167. The molecule has 0 unspecified atom stereocenters. The number of primary amides is 2. The number of ether oxygens (including phenoxy) is 1. The Kier molecular flexibility index (Phi) is 9.68. The topological polar surface area (TPSA) is 156 Å². The predicted molar refractivity (Wildman–Crippen MR) is 180 cm³/mol. The van der Waals surface area contributed by atoms with Crippen molar-refractivity contribution >= 4 is 94.2 Å². The molecule has 0 saturated heterocycles. The summed E-state index contributed by atoms with van der Waals surface area (Å²) in [5.74, 6) is -0.911. The van der Waals surface area contributed by atoms with Gasteiger partial charge >= 0.3 is 6.09 Å². The second-order valence-corrected chi connectivity index (χ2v) is 13.2. The molecule has 5 aromatic rings. The quantitative estimate of drug-likeness (QED) is 0.118. The Bertz CT molecular complexity index is 1820. The Morgan fingerprint density at radius 1 is 0.857 bits per heavy atom. The first-order valence-corrected chi connectivity index (χ1v) is 15.3. The number of rotatable bonds is 5. The SMILES string of the molecule is CC(C)(C)OC(=O)NCc1ccccc1-c1cc2c(Br)ccc(C(N)=O)c2[nH]1.NC(=O)c1ccc(Br)c2cc(I)[nH]c12. The smallest absolute Gasteiger partial charge is 0.407 e. The third kappa shape index (κ3) is 7.34. The average molecular weight is 809 g/mol. The molecular weight excluding hydrogens is 781 g/mol. The Hall–Kier alpha value is -3.36. The van der Waals surface area contributed by atoms with E-state index in [1.54, 1.807) is 18.2 Å². The van der Waals surface area contributed by atoms with Crippen molar-refractivity contribution in [1.29, 1.82) is 0 Å². The van der Waals surface area contributed by atoms with Crippen molar-refractivity contribution in [3.8, 4) is 11.3 Å². The number of nitrogens with two attached hydrogens (primary N) is 2. The maximum Gasteiger partial charge on any atom is 0.407 e. The molecular formula is C30H28Br2IN5O4. The number of aromatic nitrogens is 2. The Labute approximate surface area is 272 Å². The molecule has 0 spiro atoms. The van der Waals surface area contributed by atoms with E-state index in [4.69, 9.17) is 16.2 Å². The van der Waals surface area contributed by atoms with Gasteiger partial charge in [-0.1, -0.05) is 56.1 Å². The standard InChI is InChI=1S/C21H22BrN3O3.C9H6BrIN2O/c1-21(2,3)28-20(27)24-11-12-6-4-5-7-13(12)17-10-15-16(22)9-8-14(19(23)26)18(15)25-17;10-6-2-1-4(9(12)14)8-5(6)3-7(11)13-8/h4-10,25H,11H2,1-3H3,(H2,23,26)(H,24,27);1-3,13H,(H2,12,14). The first-order chi connectivity index (χ1) is 19.7. The van der Waals surface area contributed by atoms with Crippen LogP contribution in [0, 0.1) is 3.70 Å². The number of halogens is 3. The third-order valence-electron chi connectivity index (χ3n) is 6.11. The zero-order chi connectivity index (χ0) is 30.8. The highest BCUT2D eigenvalue weighted by molar-refractivity contribution is 14.1. The van der Waals surface area contributed by atoms with E-state index >= 15 is 0 Å². The highest BCUT2D eigenvalue weighted by Crippen LogP contribution is 2.33. The molecule has 3 aromatic carbocycles. The molecule has 0 fully saturated rings. The summed E-state index contributed by atoms with van der Waals surface area (Å²) < 4.78 is 8.09. The molecule has 42 heavy (non-hydrogen) atoms. The van der Waals surface area contributed by atoms with Crippen LogP contribution >= 0.6 is 54.5 Å². The maximum atomic E-state index is 12.0. The summed E-state index contributed by atoms with van der Waals surface area (Å²) in [7, 11) is 0. The van der Waals surface area contributed by atoms with Gasteiger partial charge < -0.3 is 31.5 Å². The van der Waals surface area contributed by atoms with Crippen LogP contribution in [0.15, 0.2) is 69.6 Å². The van der Waals surface area contributed by atoms with Crippen molar-refractivity contribution in [2.45, 2.75) is 32.9 Å². The Morgan fingerprint density at radius 3 is 1.98 bits per heavy atom. The number of H-pyrrole nitrogens is 2. The number of hydrogen-bond donors (Lipinski definition) is 5. The zero-order valence-corrected chi connectivity index (χ0v) is 28.2. The average Bonchev–Trinajstić information content (AvgIpc) is 3.52. The summed E-state index contributed by atoms with van der Waals surface area (Å²) >= 11 is 9.10. The number of benzene rings is 3. The van der Waals surface area contributed by atoms with Gasteiger partial charge in [0.15, 0.2) is 0 Å². The lowest BCUT2D eigenvalue weighted by atomic mass is 10.0. The molecule has 2 heterocycles. The fourth-order valence-electron chi connectivity index (χ4n) is 4.31. The van der Waals surface area contributed by atoms with Gasteiger partial charge in [0.1, 0.15) is 5.60 Å². The predicted octanol–water partition coefficient (Wildman–Crippen LogP) is 7.35. The molecule has 7 N–H and O–H groups in total. The molecule has 3 amide bonds. The summed E-state index contributed by atoms with van der Waals surface area (Å²) in [5, 5.41) is 4.62. The van der Waals surface area contributed by atoms with E-state index in [2.05, 4.69) is 69.7 Å². The molecule has 0 bridgehead atoms. The van der Waals surface area contributed by atoms with Crippen LogP contribution in [0.1, 0.15) is 47.1 Å². The number of carbonyl (C=O) groups is 3. The van der Waals surface area contributed by atoms with Gasteiger partial charge in [0, 0.05) is 37.5 Å². The van der Waals surface area contributed by atoms with E-state index in [-0.39, 0.29) is 0 Å². The second-order valence-electron chi connectivity index (χ2n) is 10.3. The number of amides is 3. The van der Waals surface area contributed by atoms with Crippen molar-refractivity contribution in [3.05, 3.63) is 90.0 Å². The van der Waals surface area contributed by atoms with Gasteiger partial charge in [-0.05, 0) is 85.3 Å². The van der Waals surface area contributed by atoms with Crippen LogP contribution in [0.4, 0.5) is 4.79 Å². The molecule has 0 aliphatic carbocycles. The normalized spacial score (nSPS) is 11.2. The molecule has 0 atom stereocenters. The van der Waals surface area contributed by atoms with E-state index < -0.39 is 23.5 Å². The molecule has 12 heteroatoms. The highest BCUT2D eigenvalue weighted by Gasteiger charge is 2.18. The number of aromatic amines is 2. The first-order valence-electron chi connectivity index (χ1n) is 12.7. The minimum atomic E-state index is -0.557. The summed E-state index contributed by atoms with van der Waals surface area (Å²) in [6, 6.07) is 18.7. The van der Waals surface area contributed by atoms with Crippen molar-refractivity contribution in [2.24, 2.45) is 11.5 Å². The lowest BCUT2D eigenvalue weighted by Crippen LogP contribution is -2.32. The van der Waals surface area contributed by atoms with Gasteiger partial charge in [-0.2, -0.15) is 0 Å². The summed E-state index contributed by atoms with van der Waals surface area (Å²) in [6.07, 6.45) is -0.474. The van der Waals surface area contributed by atoms with Crippen molar-refractivity contribution in [1.82, 2.24) is 15.3 Å². The van der Waals surface area contributed by atoms with E-state index in [0.29, 0.717) is 23.2 Å². The van der Waals surface area contributed by atoms with Gasteiger partial charge in [0.05, 0.1) is 25.9 Å². The Morgan fingerprint density at radius 2 is 1.40 bits per heavy atom. The van der Waals surface area contributed by atoms with Crippen LogP contribution in [0.2, 0.25) is 0 Å². The van der Waals surface area contributed by atoms with Crippen molar-refractivity contribution < 1.29 is 19.1 Å². The van der Waals surface area contributed by atoms with Crippen LogP contribution in [-0.4, -0.2) is 33.5 Å². The third-order valence-corrected chi connectivity index (χ3v) is 8.07. The molecule has 218 valence electrons. The van der Waals surface area contributed by atoms with Crippen LogP contribution in [0.5, 0.6) is 0 Å². The summed E-state index contributed by atoms with van der Waals surface area (Å²) in [5.41, 5.74) is 15.3. The van der Waals surface area contributed by atoms with Crippen LogP contribution in [0.25, 0.3) is 33.1 Å². The fourth-order valence-corrected chi connectivity index (χ4v) is 5.78. The number of fused-ring (bicyclic) bond motifs is 2. The van der Waals surface area contributed by atoms with Crippen LogP contribution in [-0.2, 0) is 11.3 Å². The van der Waals surface area contributed by atoms with E-state index in [1.807, 2.05) is 63.2 Å². The zero-order valence-electron chi connectivity index (χ0n) is 22.9. The van der Waals surface area contributed by atoms with E-state index in [0.717, 1.165) is 45.8 Å². The van der Waals surface area contributed by atoms with E-state index in [1.165, 1.54) is 0 Å². The molecule has 0 radical (unpaired) electrons. The maximum absolute atomic E-state index is 12.0. The molecule has 5 rings (SSSR count). The van der Waals surface area contributed by atoms with Gasteiger partial charge in [0.2, 0.25) is 0 Å². The lowest BCUT2D eigenvalue weighted by molar-refractivity contribution is 0.0523. The van der Waals surface area contributed by atoms with Crippen LogP contribution in [0.3, 0.4) is 0 Å². The molecule has 0 aliphatic rings. The molecule has 0 aliphatic heterocycles. The minimum absolute atomic E-state index is 0.310. The number of hydrogen-bond acceptors (Lipinski definition) is 4. The van der Waals surface area contributed by atoms with E-state index in [9.17, 15) is 14.4 Å². The van der Waals surface area contributed by atoms with Gasteiger partial charge in [-0.3, -0.25) is 9.59 Å². The molecule has 0 saturated carbocycles. The minimum Gasteiger partial charge on any atom is -0.444 e. The first kappa shape index (κ1) is 31.6. The van der Waals surface area contributed by atoms with Gasteiger partial charge in [-0.25, -0.2) is 4.79 Å². The van der Waals surface area contributed by atoms with Crippen LogP contribution < -0.4 is 16.8 Å². The monoisotopic (exact) mass is 807 g/mol. The van der Waals surface area contributed by atoms with Gasteiger partial charge in [0.25, 0.3) is 11.8 Å². The summed E-state index contributed by atoms with van der Waals surface area (Å²) in [4.78, 5) is 41.3. The summed E-state index contributed by atoms with van der Waals surface area (Å²) in [6.45, 7) is 5.77. The lowest BCUT2D eigenvalue weighted by Gasteiger charge is -2.20. The number of nitrogens with one attached hydrogen (secondary N) is 3. The number of alkyl carbamates (subject to hydrolysis) is 1. The Balaban J connectivity index is 0.000000241. The number of carbonyl (C=O) groups excluding carboxylic acids is 3. The van der Waals surface area contributed by atoms with Crippen molar-refractivity contribution in [2.75, 3.05) is 0 Å². The largest absolute Gasteiger partial charge is 0.444 e. The second kappa shape index (κ2) is 12.9. The highest BCUT2D eigenvalue weighted by atomic mass is 127. The van der Waals surface area contributed by atoms with Gasteiger partial charge in [-0.15, -0.1) is 0 Å². The molecule has 9 nitrogen and oxygen atoms in total. The van der Waals surface area contributed by atoms with Crippen molar-refractivity contribution in [3.63, 3.8) is 0 Å².